The molecule has 0 aromatic carbocycles. The molecule has 74 heavy (non-hydrogen) atoms. The molecule has 0 aliphatic heterocycles. The molecule has 0 aromatic rings. The van der Waals surface area contributed by atoms with Gasteiger partial charge in [0.15, 0.2) is 6.10 Å². The van der Waals surface area contributed by atoms with Crippen molar-refractivity contribution in [2.75, 3.05) is 13.2 Å². The van der Waals surface area contributed by atoms with Crippen LogP contribution in [0.3, 0.4) is 0 Å². The van der Waals surface area contributed by atoms with Crippen LogP contribution in [0.4, 0.5) is 0 Å². The average Bonchev–Trinajstić information content (AvgIpc) is 3.40. The molecule has 0 aromatic heterocycles. The lowest BCUT2D eigenvalue weighted by Crippen LogP contribution is -2.30. The summed E-state index contributed by atoms with van der Waals surface area (Å²) in [6.45, 7) is 6.64. The monoisotopic (exact) mass is 1040 g/mol. The minimum atomic E-state index is -0.768. The molecule has 0 N–H and O–H groups in total. The van der Waals surface area contributed by atoms with Crippen LogP contribution in [0.15, 0.2) is 12.2 Å². The highest BCUT2D eigenvalue weighted by Gasteiger charge is 2.19. The lowest BCUT2D eigenvalue weighted by molar-refractivity contribution is -0.167. The second-order valence-electron chi connectivity index (χ2n) is 23.1. The van der Waals surface area contributed by atoms with Gasteiger partial charge in [0.25, 0.3) is 0 Å². The van der Waals surface area contributed by atoms with Gasteiger partial charge in [-0.2, -0.15) is 0 Å². The molecule has 1 unspecified atom stereocenters. The first-order chi connectivity index (χ1) is 36.5. The third kappa shape index (κ3) is 61.0. The zero-order chi connectivity index (χ0) is 53.6. The molecule has 0 amide bonds. The molecule has 438 valence electrons. The fourth-order valence-electron chi connectivity index (χ4n) is 10.5. The van der Waals surface area contributed by atoms with Crippen LogP contribution in [-0.2, 0) is 28.6 Å². The molecule has 0 bridgehead atoms. The molecule has 0 spiro atoms. The van der Waals surface area contributed by atoms with Gasteiger partial charge in [-0.1, -0.05) is 341 Å². The van der Waals surface area contributed by atoms with Crippen molar-refractivity contribution in [2.45, 2.75) is 393 Å². The Bertz CT molecular complexity index is 1150. The second kappa shape index (κ2) is 63.7. The smallest absolute Gasteiger partial charge is 0.306 e. The first kappa shape index (κ1) is 72.2. The van der Waals surface area contributed by atoms with Gasteiger partial charge in [0.2, 0.25) is 0 Å². The molecule has 1 atom stereocenters. The van der Waals surface area contributed by atoms with Gasteiger partial charge in [-0.15, -0.1) is 0 Å². The topological polar surface area (TPSA) is 78.9 Å². The normalized spacial score (nSPS) is 12.0. The van der Waals surface area contributed by atoms with Crippen molar-refractivity contribution in [3.63, 3.8) is 0 Å². The molecule has 0 heterocycles. The van der Waals surface area contributed by atoms with Gasteiger partial charge >= 0.3 is 17.9 Å². The lowest BCUT2D eigenvalue weighted by Gasteiger charge is -2.18. The SMILES string of the molecule is CCC/C=C\CCCCCCCC(=O)OCC(COC(=O)CCCCCCCCCCCCCCCCCCCCCCCCCCCCCCCCCC)OC(=O)CCCCCCCCCCCCCCCC. The molecule has 0 saturated heterocycles. The summed E-state index contributed by atoms with van der Waals surface area (Å²) in [4.78, 5) is 38.1. The highest BCUT2D eigenvalue weighted by Crippen LogP contribution is 2.19. The Morgan fingerprint density at radius 1 is 0.257 bits per heavy atom. The first-order valence-electron chi connectivity index (χ1n) is 33.7. The average molecular weight is 1040 g/mol. The quantitative estimate of drug-likeness (QED) is 0.0261. The molecule has 0 aliphatic carbocycles. The number of unbranched alkanes of at least 4 members (excludes halogenated alkanes) is 50. The highest BCUT2D eigenvalue weighted by atomic mass is 16.6. The van der Waals surface area contributed by atoms with Gasteiger partial charge in [0.05, 0.1) is 0 Å². The highest BCUT2D eigenvalue weighted by molar-refractivity contribution is 5.71. The molecule has 6 nitrogen and oxygen atoms in total. The summed E-state index contributed by atoms with van der Waals surface area (Å²) in [6, 6.07) is 0. The minimum absolute atomic E-state index is 0.0665. The molecular weight excluding hydrogens is 913 g/mol. The summed E-state index contributed by atoms with van der Waals surface area (Å²) in [7, 11) is 0. The van der Waals surface area contributed by atoms with Crippen molar-refractivity contribution in [2.24, 2.45) is 0 Å². The fraction of sp³-hybridized carbons (Fsp3) is 0.926. The van der Waals surface area contributed by atoms with Crippen molar-refractivity contribution in [3.05, 3.63) is 12.2 Å². The molecular formula is C68H130O6. The number of allylic oxidation sites excluding steroid dienone is 2. The number of ether oxygens (including phenoxy) is 3. The number of carbonyl (C=O) groups is 3. The van der Waals surface area contributed by atoms with E-state index < -0.39 is 6.10 Å². The van der Waals surface area contributed by atoms with Crippen LogP contribution in [0.25, 0.3) is 0 Å². The maximum Gasteiger partial charge on any atom is 0.306 e. The van der Waals surface area contributed by atoms with Crippen LogP contribution in [-0.4, -0.2) is 37.2 Å². The Kier molecular flexibility index (Phi) is 62.1. The number of hydrogen-bond donors (Lipinski definition) is 0. The summed E-state index contributed by atoms with van der Waals surface area (Å²) in [5.74, 6) is -0.851. The van der Waals surface area contributed by atoms with Gasteiger partial charge in [-0.3, -0.25) is 14.4 Å². The van der Waals surface area contributed by atoms with Crippen molar-refractivity contribution < 1.29 is 28.6 Å². The van der Waals surface area contributed by atoms with E-state index in [1.165, 1.54) is 276 Å². The van der Waals surface area contributed by atoms with E-state index in [0.717, 1.165) is 70.6 Å². The predicted octanol–water partition coefficient (Wildman–Crippen LogP) is 22.8. The zero-order valence-corrected chi connectivity index (χ0v) is 50.4. The zero-order valence-electron chi connectivity index (χ0n) is 50.4. The second-order valence-corrected chi connectivity index (χ2v) is 23.1. The van der Waals surface area contributed by atoms with Gasteiger partial charge in [-0.05, 0) is 38.5 Å². The number of hydrogen-bond acceptors (Lipinski definition) is 6. The van der Waals surface area contributed by atoms with E-state index in [9.17, 15) is 14.4 Å². The van der Waals surface area contributed by atoms with E-state index in [1.54, 1.807) is 0 Å². The molecule has 0 fully saturated rings. The summed E-state index contributed by atoms with van der Waals surface area (Å²) < 4.78 is 16.9. The summed E-state index contributed by atoms with van der Waals surface area (Å²) in [6.07, 6.45) is 75.5. The third-order valence-electron chi connectivity index (χ3n) is 15.5. The molecule has 0 saturated carbocycles. The summed E-state index contributed by atoms with van der Waals surface area (Å²) in [5.41, 5.74) is 0. The van der Waals surface area contributed by atoms with Crippen LogP contribution in [0.2, 0.25) is 0 Å². The maximum absolute atomic E-state index is 12.8. The van der Waals surface area contributed by atoms with Crippen molar-refractivity contribution in [1.82, 2.24) is 0 Å². The van der Waals surface area contributed by atoms with E-state index in [1.807, 2.05) is 0 Å². The Morgan fingerprint density at radius 3 is 0.730 bits per heavy atom. The van der Waals surface area contributed by atoms with E-state index in [2.05, 4.69) is 32.9 Å². The predicted molar refractivity (Wildman–Crippen MR) is 321 cm³/mol. The molecule has 0 radical (unpaired) electrons. The number of esters is 3. The van der Waals surface area contributed by atoms with Crippen molar-refractivity contribution in [1.29, 1.82) is 0 Å². The summed E-state index contributed by atoms with van der Waals surface area (Å²) in [5, 5.41) is 0. The largest absolute Gasteiger partial charge is 0.462 e. The van der Waals surface area contributed by atoms with Crippen molar-refractivity contribution in [3.8, 4) is 0 Å². The first-order valence-corrected chi connectivity index (χ1v) is 33.7. The molecule has 0 aliphatic rings. The Morgan fingerprint density at radius 2 is 0.473 bits per heavy atom. The van der Waals surface area contributed by atoms with E-state index >= 15 is 0 Å². The van der Waals surface area contributed by atoms with Gasteiger partial charge in [0.1, 0.15) is 13.2 Å². The van der Waals surface area contributed by atoms with E-state index in [4.69, 9.17) is 14.2 Å². The van der Waals surface area contributed by atoms with Crippen LogP contribution < -0.4 is 0 Å². The Labute approximate surface area is 462 Å². The standard InChI is InChI=1S/C68H130O6/c1-4-7-10-13-16-19-22-24-26-27-28-29-30-31-32-33-34-35-36-37-38-39-40-41-42-43-45-46-49-52-55-58-61-67(70)73-64-65(63-72-66(69)60-57-54-51-48-21-18-15-12-9-6-3)74-68(71)62-59-56-53-50-47-44-25-23-20-17-14-11-8-5-2/h12,15,65H,4-11,13-14,16-64H2,1-3H3/b15-12-. The van der Waals surface area contributed by atoms with Crippen LogP contribution in [0, 0.1) is 0 Å². The Hall–Kier alpha value is -1.85. The van der Waals surface area contributed by atoms with Gasteiger partial charge in [0, 0.05) is 19.3 Å². The number of rotatable bonds is 63. The molecule has 6 heteroatoms. The minimum Gasteiger partial charge on any atom is -0.462 e. The maximum atomic E-state index is 12.8. The van der Waals surface area contributed by atoms with Crippen LogP contribution in [0.1, 0.15) is 387 Å². The summed E-state index contributed by atoms with van der Waals surface area (Å²) >= 11 is 0. The van der Waals surface area contributed by atoms with Crippen LogP contribution >= 0.6 is 0 Å². The fourth-order valence-corrected chi connectivity index (χ4v) is 10.5. The van der Waals surface area contributed by atoms with Gasteiger partial charge < -0.3 is 14.2 Å². The third-order valence-corrected chi connectivity index (χ3v) is 15.5. The van der Waals surface area contributed by atoms with Crippen LogP contribution in [0.5, 0.6) is 0 Å². The van der Waals surface area contributed by atoms with Crippen molar-refractivity contribution >= 4 is 17.9 Å². The lowest BCUT2D eigenvalue weighted by atomic mass is 10.0. The Balaban J connectivity index is 3.99. The van der Waals surface area contributed by atoms with E-state index in [0.29, 0.717) is 19.3 Å². The van der Waals surface area contributed by atoms with Gasteiger partial charge in [-0.25, -0.2) is 0 Å². The number of carbonyl (C=O) groups excluding carboxylic acids is 3. The van der Waals surface area contributed by atoms with E-state index in [-0.39, 0.29) is 31.1 Å². The molecule has 0 rings (SSSR count).